The lowest BCUT2D eigenvalue weighted by Crippen LogP contribution is -2.10. The van der Waals surface area contributed by atoms with Gasteiger partial charge in [0.2, 0.25) is 0 Å². The molecular weight excluding hydrogens is 216 g/mol. The summed E-state index contributed by atoms with van der Waals surface area (Å²) in [5, 5.41) is 9.01. The van der Waals surface area contributed by atoms with Gasteiger partial charge in [0.25, 0.3) is 0 Å². The molecule has 0 atom stereocenters. The van der Waals surface area contributed by atoms with Gasteiger partial charge in [-0.05, 0) is 37.8 Å². The molecule has 0 aromatic heterocycles. The lowest BCUT2D eigenvalue weighted by molar-refractivity contribution is 0.0695. The minimum absolute atomic E-state index is 0.328. The Kier molecular flexibility index (Phi) is 3.67. The fourth-order valence-electron chi connectivity index (χ4n) is 2.39. The average molecular weight is 234 g/mol. The molecule has 0 heterocycles. The molecule has 0 amide bonds. The lowest BCUT2D eigenvalue weighted by atomic mass is 10.1. The van der Waals surface area contributed by atoms with E-state index >= 15 is 0 Å². The van der Waals surface area contributed by atoms with Gasteiger partial charge in [-0.2, -0.15) is 0 Å². The molecule has 0 unspecified atom stereocenters. The standard InChI is InChI=1S/C14H18O3/c1-10-12(14(15)16)7-4-8-13(10)17-9-11-5-2-3-6-11/h4,7-8,11H,2-3,5-6,9H2,1H3,(H,15,16). The number of carboxylic acids is 1. The van der Waals surface area contributed by atoms with Gasteiger partial charge >= 0.3 is 5.97 Å². The normalized spacial score (nSPS) is 16.1. The maximum atomic E-state index is 11.0. The first-order valence-electron chi connectivity index (χ1n) is 6.14. The van der Waals surface area contributed by atoms with E-state index in [9.17, 15) is 4.79 Å². The van der Waals surface area contributed by atoms with E-state index in [4.69, 9.17) is 9.84 Å². The van der Waals surface area contributed by atoms with Gasteiger partial charge in [-0.25, -0.2) is 4.79 Å². The van der Waals surface area contributed by atoms with Crippen molar-refractivity contribution in [3.8, 4) is 5.75 Å². The van der Waals surface area contributed by atoms with Crippen molar-refractivity contribution in [2.45, 2.75) is 32.6 Å². The zero-order valence-electron chi connectivity index (χ0n) is 10.1. The van der Waals surface area contributed by atoms with E-state index in [2.05, 4.69) is 0 Å². The summed E-state index contributed by atoms with van der Waals surface area (Å²) in [6.45, 7) is 2.51. The Bertz CT molecular complexity index is 406. The Hall–Kier alpha value is -1.51. The van der Waals surface area contributed by atoms with Gasteiger partial charge in [-0.3, -0.25) is 0 Å². The molecule has 0 aliphatic heterocycles. The van der Waals surface area contributed by atoms with Crippen LogP contribution in [0.3, 0.4) is 0 Å². The van der Waals surface area contributed by atoms with E-state index in [0.29, 0.717) is 23.8 Å². The number of ether oxygens (including phenoxy) is 1. The predicted molar refractivity (Wildman–Crippen MR) is 65.6 cm³/mol. The van der Waals surface area contributed by atoms with Crippen LogP contribution in [0.25, 0.3) is 0 Å². The number of hydrogen-bond acceptors (Lipinski definition) is 2. The number of rotatable bonds is 4. The molecule has 1 aliphatic carbocycles. The van der Waals surface area contributed by atoms with Crippen molar-refractivity contribution in [2.24, 2.45) is 5.92 Å². The number of carbonyl (C=O) groups is 1. The summed E-state index contributed by atoms with van der Waals surface area (Å²) in [5.74, 6) is 0.452. The maximum Gasteiger partial charge on any atom is 0.336 e. The molecule has 3 heteroatoms. The van der Waals surface area contributed by atoms with Gasteiger partial charge in [-0.15, -0.1) is 0 Å². The van der Waals surface area contributed by atoms with E-state index in [1.807, 2.05) is 6.07 Å². The summed E-state index contributed by atoms with van der Waals surface area (Å²) in [6, 6.07) is 5.19. The number of carboxylic acid groups (broad SMARTS) is 1. The van der Waals surface area contributed by atoms with Crippen LogP contribution in [0.15, 0.2) is 18.2 Å². The van der Waals surface area contributed by atoms with Crippen molar-refractivity contribution in [3.05, 3.63) is 29.3 Å². The third-order valence-corrected chi connectivity index (χ3v) is 3.46. The van der Waals surface area contributed by atoms with E-state index in [1.165, 1.54) is 25.7 Å². The minimum Gasteiger partial charge on any atom is -0.493 e. The largest absolute Gasteiger partial charge is 0.493 e. The van der Waals surface area contributed by atoms with E-state index in [-0.39, 0.29) is 0 Å². The Balaban J connectivity index is 2.04. The monoisotopic (exact) mass is 234 g/mol. The van der Waals surface area contributed by atoms with Crippen molar-refractivity contribution >= 4 is 5.97 Å². The SMILES string of the molecule is Cc1c(OCC2CCCC2)cccc1C(=O)O. The molecule has 0 spiro atoms. The minimum atomic E-state index is -0.895. The fraction of sp³-hybridized carbons (Fsp3) is 0.500. The van der Waals surface area contributed by atoms with E-state index in [0.717, 1.165) is 5.56 Å². The highest BCUT2D eigenvalue weighted by atomic mass is 16.5. The van der Waals surface area contributed by atoms with Crippen LogP contribution in [0.1, 0.15) is 41.6 Å². The number of hydrogen-bond donors (Lipinski definition) is 1. The summed E-state index contributed by atoms with van der Waals surface area (Å²) in [5.41, 5.74) is 1.05. The second kappa shape index (κ2) is 5.21. The first kappa shape index (κ1) is 12.0. The molecule has 92 valence electrons. The third-order valence-electron chi connectivity index (χ3n) is 3.46. The van der Waals surface area contributed by atoms with Crippen LogP contribution in [0.5, 0.6) is 5.75 Å². The van der Waals surface area contributed by atoms with Crippen molar-refractivity contribution < 1.29 is 14.6 Å². The summed E-state index contributed by atoms with van der Waals surface area (Å²) in [7, 11) is 0. The van der Waals surface area contributed by atoms with Gasteiger partial charge in [0, 0.05) is 5.56 Å². The Morgan fingerprint density at radius 3 is 2.76 bits per heavy atom. The highest BCUT2D eigenvalue weighted by molar-refractivity contribution is 5.90. The topological polar surface area (TPSA) is 46.5 Å². The molecule has 1 fully saturated rings. The van der Waals surface area contributed by atoms with Crippen LogP contribution >= 0.6 is 0 Å². The smallest absolute Gasteiger partial charge is 0.336 e. The van der Waals surface area contributed by atoms with Gasteiger partial charge < -0.3 is 9.84 Å². The highest BCUT2D eigenvalue weighted by Gasteiger charge is 2.17. The molecular formula is C14H18O3. The van der Waals surface area contributed by atoms with Crippen LogP contribution in [0.2, 0.25) is 0 Å². The van der Waals surface area contributed by atoms with E-state index in [1.54, 1.807) is 19.1 Å². The predicted octanol–water partition coefficient (Wildman–Crippen LogP) is 3.26. The molecule has 1 aliphatic rings. The van der Waals surface area contributed by atoms with Gasteiger partial charge in [0.1, 0.15) is 5.75 Å². The molecule has 2 rings (SSSR count). The summed E-state index contributed by atoms with van der Waals surface area (Å²) in [6.07, 6.45) is 5.06. The fourth-order valence-corrected chi connectivity index (χ4v) is 2.39. The van der Waals surface area contributed by atoms with Gasteiger partial charge in [0.15, 0.2) is 0 Å². The molecule has 1 N–H and O–H groups in total. The first-order chi connectivity index (χ1) is 8.18. The number of benzene rings is 1. The molecule has 0 radical (unpaired) electrons. The second-order valence-electron chi connectivity index (χ2n) is 4.70. The molecule has 0 saturated heterocycles. The van der Waals surface area contributed by atoms with Crippen molar-refractivity contribution in [1.82, 2.24) is 0 Å². The molecule has 0 bridgehead atoms. The van der Waals surface area contributed by atoms with Crippen molar-refractivity contribution in [2.75, 3.05) is 6.61 Å². The van der Waals surface area contributed by atoms with E-state index < -0.39 is 5.97 Å². The van der Waals surface area contributed by atoms with Crippen molar-refractivity contribution in [1.29, 1.82) is 0 Å². The third kappa shape index (κ3) is 2.78. The zero-order chi connectivity index (χ0) is 12.3. The highest BCUT2D eigenvalue weighted by Crippen LogP contribution is 2.27. The lowest BCUT2D eigenvalue weighted by Gasteiger charge is -2.14. The molecule has 1 saturated carbocycles. The second-order valence-corrected chi connectivity index (χ2v) is 4.70. The van der Waals surface area contributed by atoms with Gasteiger partial charge in [0.05, 0.1) is 12.2 Å². The first-order valence-corrected chi connectivity index (χ1v) is 6.14. The summed E-state index contributed by atoms with van der Waals surface area (Å²) < 4.78 is 5.75. The molecule has 1 aromatic rings. The molecule has 17 heavy (non-hydrogen) atoms. The number of aromatic carboxylic acids is 1. The quantitative estimate of drug-likeness (QED) is 0.869. The Morgan fingerprint density at radius 1 is 1.41 bits per heavy atom. The summed E-state index contributed by atoms with van der Waals surface area (Å²) >= 11 is 0. The van der Waals surface area contributed by atoms with Gasteiger partial charge in [-0.1, -0.05) is 18.9 Å². The van der Waals surface area contributed by atoms with Crippen LogP contribution in [-0.4, -0.2) is 17.7 Å². The Labute approximate surface area is 101 Å². The van der Waals surface area contributed by atoms with Crippen LogP contribution < -0.4 is 4.74 Å². The van der Waals surface area contributed by atoms with Crippen molar-refractivity contribution in [3.63, 3.8) is 0 Å². The maximum absolute atomic E-state index is 11.0. The molecule has 1 aromatic carbocycles. The molecule has 3 nitrogen and oxygen atoms in total. The summed E-state index contributed by atoms with van der Waals surface area (Å²) in [4.78, 5) is 11.0. The zero-order valence-corrected chi connectivity index (χ0v) is 10.1. The van der Waals surface area contributed by atoms with Crippen LogP contribution in [-0.2, 0) is 0 Å². The van der Waals surface area contributed by atoms with Crippen LogP contribution in [0, 0.1) is 12.8 Å². The Morgan fingerprint density at radius 2 is 2.12 bits per heavy atom. The van der Waals surface area contributed by atoms with Crippen LogP contribution in [0.4, 0.5) is 0 Å². The average Bonchev–Trinajstić information content (AvgIpc) is 2.80.